The zero-order valence-corrected chi connectivity index (χ0v) is 14.5. The lowest BCUT2D eigenvalue weighted by Crippen LogP contribution is -2.38. The summed E-state index contributed by atoms with van der Waals surface area (Å²) in [5, 5.41) is 9.84. The van der Waals surface area contributed by atoms with Crippen LogP contribution in [0.3, 0.4) is 0 Å². The Balaban J connectivity index is 2.51. The highest BCUT2D eigenvalue weighted by Gasteiger charge is 2.25. The number of fused-ring (bicyclic) bond motifs is 1. The zero-order chi connectivity index (χ0) is 19.0. The van der Waals surface area contributed by atoms with Crippen LogP contribution in [0.5, 0.6) is 0 Å². The summed E-state index contributed by atoms with van der Waals surface area (Å²) in [6.07, 6.45) is 1.16. The number of ether oxygens (including phenoxy) is 1. The van der Waals surface area contributed by atoms with Gasteiger partial charge >= 0.3 is 11.7 Å². The Morgan fingerprint density at radius 2 is 1.88 bits per heavy atom. The van der Waals surface area contributed by atoms with Crippen LogP contribution in [0.15, 0.2) is 40.1 Å². The Morgan fingerprint density at radius 1 is 1.19 bits per heavy atom. The number of carbonyl (C=O) groups excluding carboxylic acids is 1. The third-order valence-corrected chi connectivity index (χ3v) is 4.20. The van der Waals surface area contributed by atoms with Crippen molar-refractivity contribution in [2.75, 3.05) is 6.61 Å². The first-order chi connectivity index (χ1) is 12.4. The molecule has 0 amide bonds. The number of aromatic nitrogens is 3. The highest BCUT2D eigenvalue weighted by molar-refractivity contribution is 6.03. The second-order valence-corrected chi connectivity index (χ2v) is 5.67. The quantitative estimate of drug-likeness (QED) is 0.657. The highest BCUT2D eigenvalue weighted by atomic mass is 16.5. The van der Waals surface area contributed by atoms with Gasteiger partial charge in [0.1, 0.15) is 11.6 Å². The number of carbonyl (C=O) groups is 1. The SMILES string of the molecule is CCOC(=O)c1c(-n2cc(C#N)c(=O)n(C)c2=O)c2ccccc2n1C. The molecule has 3 aromatic rings. The van der Waals surface area contributed by atoms with Gasteiger partial charge in [-0.25, -0.2) is 9.59 Å². The molecule has 0 aliphatic heterocycles. The minimum Gasteiger partial charge on any atom is -0.461 e. The van der Waals surface area contributed by atoms with Gasteiger partial charge in [-0.2, -0.15) is 5.26 Å². The van der Waals surface area contributed by atoms with Gasteiger partial charge in [0.25, 0.3) is 5.56 Å². The van der Waals surface area contributed by atoms with Gasteiger partial charge in [0.05, 0.1) is 17.8 Å². The molecule has 1 aromatic carbocycles. The van der Waals surface area contributed by atoms with Crippen molar-refractivity contribution < 1.29 is 9.53 Å². The maximum absolute atomic E-state index is 12.7. The molecule has 8 heteroatoms. The molecule has 8 nitrogen and oxygen atoms in total. The molecule has 0 atom stereocenters. The third kappa shape index (κ3) is 2.41. The topological polar surface area (TPSA) is 99.0 Å². The van der Waals surface area contributed by atoms with Crippen molar-refractivity contribution in [3.63, 3.8) is 0 Å². The van der Waals surface area contributed by atoms with E-state index in [0.717, 1.165) is 15.3 Å². The predicted octanol–water partition coefficient (Wildman–Crippen LogP) is 1.08. The van der Waals surface area contributed by atoms with Crippen molar-refractivity contribution in [2.45, 2.75) is 6.92 Å². The molecule has 0 saturated carbocycles. The normalized spacial score (nSPS) is 10.7. The highest BCUT2D eigenvalue weighted by Crippen LogP contribution is 2.28. The maximum Gasteiger partial charge on any atom is 0.357 e. The summed E-state index contributed by atoms with van der Waals surface area (Å²) < 4.78 is 8.76. The molecule has 26 heavy (non-hydrogen) atoms. The second kappa shape index (κ2) is 6.37. The van der Waals surface area contributed by atoms with Crippen molar-refractivity contribution >= 4 is 16.9 Å². The summed E-state index contributed by atoms with van der Waals surface area (Å²) in [7, 11) is 2.98. The van der Waals surface area contributed by atoms with Crippen LogP contribution in [-0.2, 0) is 18.8 Å². The maximum atomic E-state index is 12.7. The van der Waals surface area contributed by atoms with Crippen LogP contribution in [0, 0.1) is 11.3 Å². The van der Waals surface area contributed by atoms with Gasteiger partial charge in [0.2, 0.25) is 0 Å². The van der Waals surface area contributed by atoms with E-state index in [9.17, 15) is 19.6 Å². The average molecular weight is 352 g/mol. The lowest BCUT2D eigenvalue weighted by molar-refractivity contribution is 0.0516. The fourth-order valence-electron chi connectivity index (χ4n) is 2.96. The van der Waals surface area contributed by atoms with Gasteiger partial charge in [-0.15, -0.1) is 0 Å². The molecule has 2 heterocycles. The van der Waals surface area contributed by atoms with E-state index in [1.165, 1.54) is 7.05 Å². The smallest absolute Gasteiger partial charge is 0.357 e. The Bertz CT molecular complexity index is 1190. The van der Waals surface area contributed by atoms with Crippen molar-refractivity contribution in [1.29, 1.82) is 5.26 Å². The second-order valence-electron chi connectivity index (χ2n) is 5.67. The first-order valence-corrected chi connectivity index (χ1v) is 7.90. The minimum atomic E-state index is -0.688. The molecule has 0 saturated heterocycles. The lowest BCUT2D eigenvalue weighted by Gasteiger charge is -2.11. The summed E-state index contributed by atoms with van der Waals surface area (Å²) in [6, 6.07) is 8.94. The van der Waals surface area contributed by atoms with Crippen LogP contribution < -0.4 is 11.2 Å². The van der Waals surface area contributed by atoms with E-state index in [4.69, 9.17) is 4.74 Å². The summed E-state index contributed by atoms with van der Waals surface area (Å²) in [5.41, 5.74) is -0.390. The van der Waals surface area contributed by atoms with Crippen LogP contribution in [0.4, 0.5) is 0 Å². The molecule has 0 N–H and O–H groups in total. The van der Waals surface area contributed by atoms with Gasteiger partial charge in [-0.05, 0) is 13.0 Å². The van der Waals surface area contributed by atoms with Gasteiger partial charge in [-0.1, -0.05) is 18.2 Å². The van der Waals surface area contributed by atoms with E-state index in [1.807, 2.05) is 6.07 Å². The largest absolute Gasteiger partial charge is 0.461 e. The standard InChI is InChI=1S/C18H16N4O4/c1-4-26-17(24)15-14(12-7-5-6-8-13(12)20(15)2)22-10-11(9-19)16(23)21(3)18(22)25/h5-8,10H,4H2,1-3H3. The number of para-hydroxylation sites is 1. The Hall–Kier alpha value is -3.60. The number of nitriles is 1. The molecule has 2 aromatic heterocycles. The van der Waals surface area contributed by atoms with Gasteiger partial charge in [0, 0.05) is 25.7 Å². The first-order valence-electron chi connectivity index (χ1n) is 7.90. The Kier molecular flexibility index (Phi) is 4.22. The molecular weight excluding hydrogens is 336 g/mol. The average Bonchev–Trinajstić information content (AvgIpc) is 2.93. The fraction of sp³-hybridized carbons (Fsp3) is 0.222. The Morgan fingerprint density at radius 3 is 2.54 bits per heavy atom. The molecule has 132 valence electrons. The van der Waals surface area contributed by atoms with Gasteiger partial charge in [0.15, 0.2) is 5.69 Å². The number of esters is 1. The molecule has 0 radical (unpaired) electrons. The van der Waals surface area contributed by atoms with E-state index in [0.29, 0.717) is 10.9 Å². The monoisotopic (exact) mass is 352 g/mol. The molecule has 0 aliphatic carbocycles. The van der Waals surface area contributed by atoms with E-state index >= 15 is 0 Å². The third-order valence-electron chi connectivity index (χ3n) is 4.20. The predicted molar refractivity (Wildman–Crippen MR) is 94.4 cm³/mol. The minimum absolute atomic E-state index is 0.165. The molecule has 0 spiro atoms. The summed E-state index contributed by atoms with van der Waals surface area (Å²) in [4.78, 5) is 37.3. The van der Waals surface area contributed by atoms with E-state index in [1.54, 1.807) is 42.8 Å². The van der Waals surface area contributed by atoms with Crippen molar-refractivity contribution in [2.24, 2.45) is 14.1 Å². The molecule has 0 unspecified atom stereocenters. The van der Waals surface area contributed by atoms with E-state index in [-0.39, 0.29) is 23.6 Å². The number of hydrogen-bond donors (Lipinski definition) is 0. The van der Waals surface area contributed by atoms with Crippen LogP contribution in [0.2, 0.25) is 0 Å². The van der Waals surface area contributed by atoms with Gasteiger partial charge in [-0.3, -0.25) is 13.9 Å². The molecule has 0 bridgehead atoms. The number of rotatable bonds is 3. The van der Waals surface area contributed by atoms with E-state index in [2.05, 4.69) is 0 Å². The van der Waals surface area contributed by atoms with Crippen LogP contribution >= 0.6 is 0 Å². The summed E-state index contributed by atoms with van der Waals surface area (Å²) in [6.45, 7) is 1.86. The number of hydrogen-bond acceptors (Lipinski definition) is 5. The lowest BCUT2D eigenvalue weighted by atomic mass is 10.2. The van der Waals surface area contributed by atoms with Gasteiger partial charge < -0.3 is 9.30 Å². The molecule has 0 aliphatic rings. The van der Waals surface area contributed by atoms with Crippen molar-refractivity contribution in [3.05, 3.63) is 62.6 Å². The van der Waals surface area contributed by atoms with E-state index < -0.39 is 17.2 Å². The van der Waals surface area contributed by atoms with Crippen LogP contribution in [-0.4, -0.2) is 26.3 Å². The number of nitrogens with zero attached hydrogens (tertiary/aromatic N) is 4. The zero-order valence-electron chi connectivity index (χ0n) is 14.5. The molecular formula is C18H16N4O4. The fourth-order valence-corrected chi connectivity index (χ4v) is 2.96. The van der Waals surface area contributed by atoms with Crippen molar-refractivity contribution in [1.82, 2.24) is 13.7 Å². The summed E-state index contributed by atoms with van der Waals surface area (Å²) >= 11 is 0. The van der Waals surface area contributed by atoms with Crippen LogP contribution in [0.25, 0.3) is 16.6 Å². The Labute approximate surface area is 148 Å². The summed E-state index contributed by atoms with van der Waals surface area (Å²) in [5.74, 6) is -0.597. The number of aryl methyl sites for hydroxylation is 1. The molecule has 0 fully saturated rings. The first kappa shape index (κ1) is 17.2. The number of benzene rings is 1. The molecule has 3 rings (SSSR count). The van der Waals surface area contributed by atoms with Crippen LogP contribution in [0.1, 0.15) is 23.0 Å². The van der Waals surface area contributed by atoms with Crippen molar-refractivity contribution in [3.8, 4) is 11.8 Å².